The zero-order valence-corrected chi connectivity index (χ0v) is 35.3. The van der Waals surface area contributed by atoms with E-state index >= 15 is 0 Å². The number of hydrogen-bond donors (Lipinski definition) is 0. The maximum Gasteiger partial charge on any atom is 0.135 e. The van der Waals surface area contributed by atoms with Gasteiger partial charge in [-0.1, -0.05) is 54.6 Å². The third-order valence-corrected chi connectivity index (χ3v) is 13.8. The summed E-state index contributed by atoms with van der Waals surface area (Å²) in [6.07, 6.45) is 4.83. The van der Waals surface area contributed by atoms with Crippen molar-refractivity contribution in [2.75, 3.05) is 0 Å². The molecule has 0 spiro atoms. The summed E-state index contributed by atoms with van der Waals surface area (Å²) in [6.45, 7) is 4.57. The molecular weight excluding hydrogens is 908 g/mol. The van der Waals surface area contributed by atoms with Gasteiger partial charge in [0.05, 0.1) is 27.5 Å². The zero-order chi connectivity index (χ0) is 36.7. The van der Waals surface area contributed by atoms with Gasteiger partial charge >= 0.3 is 126 Å². The van der Waals surface area contributed by atoms with Crippen LogP contribution in [0.4, 0.5) is 4.39 Å². The predicted octanol–water partition coefficient (Wildman–Crippen LogP) is 11.4. The van der Waals surface area contributed by atoms with E-state index in [9.17, 15) is 4.39 Å². The van der Waals surface area contributed by atoms with Crippen LogP contribution in [-0.2, 0) is 26.5 Å². The van der Waals surface area contributed by atoms with Gasteiger partial charge in [0.1, 0.15) is 11.4 Å². The summed E-state index contributed by atoms with van der Waals surface area (Å²) in [5.41, 5.74) is 8.47. The molecule has 9 rings (SSSR count). The van der Waals surface area contributed by atoms with Gasteiger partial charge in [-0.25, -0.2) is 4.39 Å². The number of fused-ring (bicyclic) bond motifs is 5. The number of aromatic nitrogens is 4. The molecule has 0 aliphatic carbocycles. The van der Waals surface area contributed by atoms with Crippen molar-refractivity contribution in [3.63, 3.8) is 0 Å². The minimum absolute atomic E-state index is 0. The molecule has 0 saturated heterocycles. The summed E-state index contributed by atoms with van der Waals surface area (Å²) in [5.74, 6) is 8.30. The van der Waals surface area contributed by atoms with Gasteiger partial charge in [-0.3, -0.25) is 9.97 Å². The van der Waals surface area contributed by atoms with Gasteiger partial charge < -0.3 is 8.98 Å². The minimum Gasteiger partial charge on any atom is -0.513 e. The molecule has 0 saturated carbocycles. The third-order valence-electron chi connectivity index (χ3n) is 9.47. The first kappa shape index (κ1) is 37.4. The largest absolute Gasteiger partial charge is 0.513 e. The van der Waals surface area contributed by atoms with E-state index in [0.717, 1.165) is 45.2 Å². The molecular formula is C46H39FGeIrN4O-2. The van der Waals surface area contributed by atoms with Crippen molar-refractivity contribution < 1.29 is 28.9 Å². The molecule has 4 aromatic heterocycles. The number of para-hydroxylation sites is 2. The number of imidazole rings is 1. The second-order valence-electron chi connectivity index (χ2n) is 14.8. The minimum atomic E-state index is -1.86. The summed E-state index contributed by atoms with van der Waals surface area (Å²) in [7, 11) is 0. The summed E-state index contributed by atoms with van der Waals surface area (Å²) in [5, 5.41) is 2.61. The second kappa shape index (κ2) is 15.4. The number of halogens is 1. The first-order chi connectivity index (χ1) is 25.7. The van der Waals surface area contributed by atoms with Gasteiger partial charge in [0.25, 0.3) is 0 Å². The quantitative estimate of drug-likeness (QED) is 0.123. The Hall–Kier alpha value is -4.95. The molecule has 0 amide bonds. The SMILES string of the molecule is CC(C)Cc1cc(-c2[c-]cccc2)nc[c]1[Ge]([CH3])([CH3])[CH3].Fc1cccc2oc3c(-c4nc5ccccc5n4-c4cccc5ccccc45)[c-]cnc3c12.[Ir]. The fraction of sp³-hybridized carbons (Fsp3) is 0.152. The van der Waals surface area contributed by atoms with E-state index in [0.29, 0.717) is 39.4 Å². The number of benzene rings is 5. The van der Waals surface area contributed by atoms with Crippen molar-refractivity contribution in [3.8, 4) is 28.3 Å². The fourth-order valence-electron chi connectivity index (χ4n) is 7.10. The number of furan rings is 1. The predicted molar refractivity (Wildman–Crippen MR) is 218 cm³/mol. The molecule has 271 valence electrons. The van der Waals surface area contributed by atoms with Crippen LogP contribution in [0.25, 0.3) is 72.2 Å². The van der Waals surface area contributed by atoms with Crippen molar-refractivity contribution in [3.05, 3.63) is 151 Å². The molecule has 0 unspecified atom stereocenters. The first-order valence-corrected chi connectivity index (χ1v) is 25.3. The third kappa shape index (κ3) is 7.16. The number of nitrogens with zero attached hydrogens (tertiary/aromatic N) is 4. The van der Waals surface area contributed by atoms with Gasteiger partial charge in [-0.2, -0.15) is 0 Å². The van der Waals surface area contributed by atoms with Gasteiger partial charge in [0.15, 0.2) is 0 Å². The molecule has 0 aliphatic rings. The van der Waals surface area contributed by atoms with Crippen molar-refractivity contribution in [1.29, 1.82) is 0 Å². The van der Waals surface area contributed by atoms with E-state index in [-0.39, 0.29) is 25.9 Å². The normalized spacial score (nSPS) is 11.6. The van der Waals surface area contributed by atoms with E-state index < -0.39 is 13.3 Å². The Morgan fingerprint density at radius 2 is 1.59 bits per heavy atom. The Labute approximate surface area is 331 Å². The van der Waals surface area contributed by atoms with Crippen LogP contribution in [0, 0.1) is 23.9 Å². The average molecular weight is 948 g/mol. The van der Waals surface area contributed by atoms with Crippen LogP contribution in [0.3, 0.4) is 0 Å². The Morgan fingerprint density at radius 1 is 0.833 bits per heavy atom. The Bertz CT molecular complexity index is 2750. The van der Waals surface area contributed by atoms with E-state index in [1.54, 1.807) is 22.7 Å². The molecule has 0 atom stereocenters. The average Bonchev–Trinajstić information content (AvgIpc) is 3.74. The van der Waals surface area contributed by atoms with Crippen molar-refractivity contribution in [1.82, 2.24) is 19.5 Å². The molecule has 0 fully saturated rings. The van der Waals surface area contributed by atoms with E-state index in [4.69, 9.17) is 14.4 Å². The Kier molecular flexibility index (Phi) is 10.7. The monoisotopic (exact) mass is 949 g/mol. The first-order valence-electron chi connectivity index (χ1n) is 18.0. The van der Waals surface area contributed by atoms with E-state index in [1.165, 1.54) is 11.6 Å². The number of pyridine rings is 2. The molecule has 0 bridgehead atoms. The maximum atomic E-state index is 14.6. The number of rotatable bonds is 6. The van der Waals surface area contributed by atoms with Crippen LogP contribution in [0.15, 0.2) is 132 Å². The summed E-state index contributed by atoms with van der Waals surface area (Å²) < 4.78 is 24.4. The van der Waals surface area contributed by atoms with Crippen LogP contribution in [0.2, 0.25) is 17.3 Å². The van der Waals surface area contributed by atoms with Crippen LogP contribution in [0.5, 0.6) is 0 Å². The van der Waals surface area contributed by atoms with Crippen molar-refractivity contribution in [2.45, 2.75) is 37.5 Å². The molecule has 5 nitrogen and oxygen atoms in total. The van der Waals surface area contributed by atoms with Crippen LogP contribution < -0.4 is 4.40 Å². The summed E-state index contributed by atoms with van der Waals surface area (Å²) in [4.78, 5) is 14.1. The van der Waals surface area contributed by atoms with Gasteiger partial charge in [0, 0.05) is 37.0 Å². The molecule has 1 radical (unpaired) electrons. The second-order valence-corrected chi connectivity index (χ2v) is 25.4. The topological polar surface area (TPSA) is 56.7 Å². The van der Waals surface area contributed by atoms with Gasteiger partial charge in [-0.15, -0.1) is 11.6 Å². The zero-order valence-electron chi connectivity index (χ0n) is 30.8. The number of hydrogen-bond acceptors (Lipinski definition) is 4. The van der Waals surface area contributed by atoms with Gasteiger partial charge in [0.2, 0.25) is 0 Å². The van der Waals surface area contributed by atoms with E-state index in [2.05, 4.69) is 95.4 Å². The Morgan fingerprint density at radius 3 is 2.39 bits per heavy atom. The summed E-state index contributed by atoms with van der Waals surface area (Å²) >= 11 is -1.86. The Balaban J connectivity index is 0.000000186. The molecule has 4 heterocycles. The molecule has 0 N–H and O–H groups in total. The standard InChI is InChI=1S/C28H15FN3O.C18H24GeN.Ir/c29-20-10-6-14-24-25(20)26-27(33-24)19(15-16-30-26)28-31-21-11-3-4-12-23(21)32(28)22-13-5-8-17-7-1-2-9-18(17)22;1-14(2)11-16-12-18(15-9-7-6-8-10-15)20-13-17(16)19(3,4)5;/h1-14,16H;6-9,12-14H,11H2,1-5H3;/q2*-1;. The van der Waals surface area contributed by atoms with E-state index in [1.807, 2.05) is 60.7 Å². The van der Waals surface area contributed by atoms with Crippen LogP contribution in [-0.4, -0.2) is 32.8 Å². The molecule has 5 aromatic carbocycles. The smallest absolute Gasteiger partial charge is 0.135 e. The van der Waals surface area contributed by atoms with Gasteiger partial charge in [-0.05, 0) is 41.9 Å². The van der Waals surface area contributed by atoms with Crippen molar-refractivity contribution in [2.24, 2.45) is 5.92 Å². The molecule has 8 heteroatoms. The molecule has 0 aliphatic heterocycles. The van der Waals surface area contributed by atoms with Crippen molar-refractivity contribution >= 4 is 61.5 Å². The van der Waals surface area contributed by atoms with Crippen LogP contribution in [0.1, 0.15) is 19.4 Å². The molecule has 9 aromatic rings. The van der Waals surface area contributed by atoms with Crippen LogP contribution >= 0.6 is 0 Å². The fourth-order valence-corrected chi connectivity index (χ4v) is 10.4. The maximum absolute atomic E-state index is 14.6. The molecule has 54 heavy (non-hydrogen) atoms. The summed E-state index contributed by atoms with van der Waals surface area (Å²) in [6, 6.07) is 44.1.